The van der Waals surface area contributed by atoms with Gasteiger partial charge in [0, 0.05) is 15.6 Å². The van der Waals surface area contributed by atoms with Crippen LogP contribution in [0.4, 0.5) is 13.2 Å². The van der Waals surface area contributed by atoms with Gasteiger partial charge in [0.05, 0.1) is 5.56 Å². The number of hydrogen-bond acceptors (Lipinski definition) is 0. The SMILES string of the molecule is FC(F)(F)c1ccc(Cl)cc1-c1ccccc1Cl. The first kappa shape index (κ1) is 13.2. The summed E-state index contributed by atoms with van der Waals surface area (Å²) >= 11 is 11.7. The highest BCUT2D eigenvalue weighted by Gasteiger charge is 2.34. The van der Waals surface area contributed by atoms with Crippen molar-refractivity contribution in [3.63, 3.8) is 0 Å². The van der Waals surface area contributed by atoms with Crippen LogP contribution in [-0.2, 0) is 6.18 Å². The topological polar surface area (TPSA) is 0 Å². The van der Waals surface area contributed by atoms with E-state index in [2.05, 4.69) is 0 Å². The zero-order valence-corrected chi connectivity index (χ0v) is 10.4. The largest absolute Gasteiger partial charge is 0.417 e. The number of alkyl halides is 3. The van der Waals surface area contributed by atoms with Crippen LogP contribution in [0.3, 0.4) is 0 Å². The Morgan fingerprint density at radius 2 is 1.50 bits per heavy atom. The number of hydrogen-bond donors (Lipinski definition) is 0. The summed E-state index contributed by atoms with van der Waals surface area (Å²) in [6.07, 6.45) is -4.45. The summed E-state index contributed by atoms with van der Waals surface area (Å²) in [4.78, 5) is 0. The quantitative estimate of drug-likeness (QED) is 0.634. The predicted molar refractivity (Wildman–Crippen MR) is 66.9 cm³/mol. The van der Waals surface area contributed by atoms with Gasteiger partial charge in [0.2, 0.25) is 0 Å². The van der Waals surface area contributed by atoms with E-state index >= 15 is 0 Å². The number of rotatable bonds is 1. The van der Waals surface area contributed by atoms with E-state index in [9.17, 15) is 13.2 Å². The lowest BCUT2D eigenvalue weighted by atomic mass is 9.99. The van der Waals surface area contributed by atoms with Crippen molar-refractivity contribution in [3.05, 3.63) is 58.1 Å². The van der Waals surface area contributed by atoms with E-state index < -0.39 is 11.7 Å². The minimum atomic E-state index is -4.45. The zero-order chi connectivity index (χ0) is 13.3. The van der Waals surface area contributed by atoms with Crippen LogP contribution in [0.15, 0.2) is 42.5 Å². The van der Waals surface area contributed by atoms with Crippen molar-refractivity contribution >= 4 is 23.2 Å². The van der Waals surface area contributed by atoms with Crippen LogP contribution in [0.25, 0.3) is 11.1 Å². The van der Waals surface area contributed by atoms with Crippen LogP contribution < -0.4 is 0 Å². The zero-order valence-electron chi connectivity index (χ0n) is 8.93. The molecule has 0 heterocycles. The van der Waals surface area contributed by atoms with Crippen LogP contribution in [0, 0.1) is 0 Å². The van der Waals surface area contributed by atoms with Crippen molar-refractivity contribution in [1.82, 2.24) is 0 Å². The molecule has 0 fully saturated rings. The Kier molecular flexibility index (Phi) is 3.55. The van der Waals surface area contributed by atoms with E-state index in [1.165, 1.54) is 24.3 Å². The van der Waals surface area contributed by atoms with Gasteiger partial charge in [-0.15, -0.1) is 0 Å². The first-order valence-corrected chi connectivity index (χ1v) is 5.77. The maximum absolute atomic E-state index is 12.9. The molecule has 0 spiro atoms. The molecular weight excluding hydrogens is 284 g/mol. The van der Waals surface area contributed by atoms with Crippen LogP contribution in [0.1, 0.15) is 5.56 Å². The van der Waals surface area contributed by atoms with Crippen molar-refractivity contribution in [3.8, 4) is 11.1 Å². The maximum Gasteiger partial charge on any atom is 0.417 e. The van der Waals surface area contributed by atoms with Gasteiger partial charge < -0.3 is 0 Å². The second-order valence-electron chi connectivity index (χ2n) is 3.67. The van der Waals surface area contributed by atoms with E-state index in [-0.39, 0.29) is 15.6 Å². The average molecular weight is 291 g/mol. The summed E-state index contributed by atoms with van der Waals surface area (Å²) in [6, 6.07) is 9.80. The lowest BCUT2D eigenvalue weighted by Crippen LogP contribution is -2.07. The first-order chi connectivity index (χ1) is 8.39. The normalized spacial score (nSPS) is 11.6. The fraction of sp³-hybridized carbons (Fsp3) is 0.0769. The Labute approximate surface area is 112 Å². The van der Waals surface area contributed by atoms with E-state index in [0.29, 0.717) is 5.56 Å². The maximum atomic E-state index is 12.9. The number of halogens is 5. The molecule has 18 heavy (non-hydrogen) atoms. The van der Waals surface area contributed by atoms with Crippen molar-refractivity contribution in [2.75, 3.05) is 0 Å². The van der Waals surface area contributed by atoms with Gasteiger partial charge in [-0.05, 0) is 29.8 Å². The molecule has 0 atom stereocenters. The fourth-order valence-corrected chi connectivity index (χ4v) is 2.08. The molecule has 5 heteroatoms. The van der Waals surface area contributed by atoms with E-state index in [1.807, 2.05) is 0 Å². The third kappa shape index (κ3) is 2.62. The summed E-state index contributed by atoms with van der Waals surface area (Å²) in [7, 11) is 0. The molecule has 0 aliphatic heterocycles. The van der Waals surface area contributed by atoms with Crippen LogP contribution >= 0.6 is 23.2 Å². The van der Waals surface area contributed by atoms with Crippen molar-refractivity contribution < 1.29 is 13.2 Å². The minimum Gasteiger partial charge on any atom is -0.166 e. The summed E-state index contributed by atoms with van der Waals surface area (Å²) in [5, 5.41) is 0.489. The van der Waals surface area contributed by atoms with Gasteiger partial charge in [-0.3, -0.25) is 0 Å². The molecule has 94 valence electrons. The Balaban J connectivity index is 2.70. The molecule has 0 radical (unpaired) electrons. The monoisotopic (exact) mass is 290 g/mol. The third-order valence-corrected chi connectivity index (χ3v) is 3.02. The molecule has 2 aromatic rings. The minimum absolute atomic E-state index is 0.0133. The van der Waals surface area contributed by atoms with Crippen molar-refractivity contribution in [1.29, 1.82) is 0 Å². The Morgan fingerprint density at radius 3 is 2.11 bits per heavy atom. The second kappa shape index (κ2) is 4.82. The van der Waals surface area contributed by atoms with Crippen LogP contribution in [0.2, 0.25) is 10.0 Å². The van der Waals surface area contributed by atoms with Crippen LogP contribution in [-0.4, -0.2) is 0 Å². The summed E-state index contributed by atoms with van der Waals surface area (Å²) in [5.41, 5.74) is -0.449. The Morgan fingerprint density at radius 1 is 0.833 bits per heavy atom. The predicted octanol–water partition coefficient (Wildman–Crippen LogP) is 5.68. The Bertz CT molecular complexity index is 577. The molecule has 0 N–H and O–H groups in total. The molecule has 0 aliphatic carbocycles. The molecule has 0 bridgehead atoms. The summed E-state index contributed by atoms with van der Waals surface area (Å²) in [5.74, 6) is 0. The highest BCUT2D eigenvalue weighted by molar-refractivity contribution is 6.34. The standard InChI is InChI=1S/C13H7Cl2F3/c14-8-5-6-11(13(16,17)18)10(7-8)9-3-1-2-4-12(9)15/h1-7H. The highest BCUT2D eigenvalue weighted by Crippen LogP contribution is 2.40. The van der Waals surface area contributed by atoms with Gasteiger partial charge >= 0.3 is 6.18 Å². The average Bonchev–Trinajstić information content (AvgIpc) is 2.27. The lowest BCUT2D eigenvalue weighted by molar-refractivity contribution is -0.137. The molecule has 0 nitrogen and oxygen atoms in total. The lowest BCUT2D eigenvalue weighted by Gasteiger charge is -2.14. The molecule has 2 aromatic carbocycles. The van der Waals surface area contributed by atoms with Crippen molar-refractivity contribution in [2.45, 2.75) is 6.18 Å². The highest BCUT2D eigenvalue weighted by atomic mass is 35.5. The summed E-state index contributed by atoms with van der Waals surface area (Å²) < 4.78 is 38.7. The molecule has 0 amide bonds. The smallest absolute Gasteiger partial charge is 0.166 e. The van der Waals surface area contributed by atoms with Crippen molar-refractivity contribution in [2.24, 2.45) is 0 Å². The van der Waals surface area contributed by atoms with Gasteiger partial charge in [0.1, 0.15) is 0 Å². The van der Waals surface area contributed by atoms with E-state index in [1.54, 1.807) is 12.1 Å². The van der Waals surface area contributed by atoms with Gasteiger partial charge in [-0.1, -0.05) is 41.4 Å². The van der Waals surface area contributed by atoms with Gasteiger partial charge in [0.25, 0.3) is 0 Å². The van der Waals surface area contributed by atoms with Gasteiger partial charge in [0.15, 0.2) is 0 Å². The second-order valence-corrected chi connectivity index (χ2v) is 4.51. The summed E-state index contributed by atoms with van der Waals surface area (Å²) in [6.45, 7) is 0. The molecule has 0 aromatic heterocycles. The molecule has 0 saturated carbocycles. The first-order valence-electron chi connectivity index (χ1n) is 5.01. The number of benzene rings is 2. The molecule has 0 saturated heterocycles. The van der Waals surface area contributed by atoms with E-state index in [4.69, 9.17) is 23.2 Å². The molecular formula is C13H7Cl2F3. The fourth-order valence-electron chi connectivity index (χ4n) is 1.67. The third-order valence-electron chi connectivity index (χ3n) is 2.45. The molecule has 2 rings (SSSR count). The van der Waals surface area contributed by atoms with E-state index in [0.717, 1.165) is 6.07 Å². The Hall–Kier alpha value is -1.19. The van der Waals surface area contributed by atoms with Crippen LogP contribution in [0.5, 0.6) is 0 Å². The van der Waals surface area contributed by atoms with Gasteiger partial charge in [-0.2, -0.15) is 13.2 Å². The molecule has 0 aliphatic rings. The van der Waals surface area contributed by atoms with Gasteiger partial charge in [-0.25, -0.2) is 0 Å². The molecule has 0 unspecified atom stereocenters.